The summed E-state index contributed by atoms with van der Waals surface area (Å²) in [6, 6.07) is 20.9. The van der Waals surface area contributed by atoms with E-state index in [-0.39, 0.29) is 5.56 Å². The highest BCUT2D eigenvalue weighted by molar-refractivity contribution is 5.99. The number of carbonyl (C=O) groups excluding carboxylic acids is 2. The van der Waals surface area contributed by atoms with Crippen molar-refractivity contribution in [2.75, 3.05) is 12.4 Å². The minimum atomic E-state index is -1.18. The smallest absolute Gasteiger partial charge is 0.339 e. The van der Waals surface area contributed by atoms with E-state index in [0.717, 1.165) is 5.56 Å². The van der Waals surface area contributed by atoms with Crippen LogP contribution in [-0.2, 0) is 9.53 Å². The number of anilines is 1. The van der Waals surface area contributed by atoms with Crippen LogP contribution in [0, 0.1) is 6.92 Å². The highest BCUT2D eigenvalue weighted by atomic mass is 16.5. The normalized spacial score (nSPS) is 11.5. The fourth-order valence-electron chi connectivity index (χ4n) is 3.25. The standard InChI is InChI=1S/C24H21N5O4/c1-16-11-12-21(32-2)20(13-16)26-23(30)22(17-7-4-3-5-8-17)33-24(31)18-9-6-10-19(14-18)29-15-25-27-28-29/h3-15,22H,1-2H3,(H,26,30). The first-order chi connectivity index (χ1) is 16.0. The number of hydrogen-bond donors (Lipinski definition) is 1. The predicted molar refractivity (Wildman–Crippen MR) is 120 cm³/mol. The molecule has 0 fully saturated rings. The Morgan fingerprint density at radius 1 is 1.00 bits per heavy atom. The first kappa shape index (κ1) is 21.7. The molecule has 4 rings (SSSR count). The Labute approximate surface area is 190 Å². The van der Waals surface area contributed by atoms with E-state index in [0.29, 0.717) is 22.7 Å². The van der Waals surface area contributed by atoms with Crippen LogP contribution in [0.3, 0.4) is 0 Å². The third-order valence-corrected chi connectivity index (χ3v) is 4.87. The van der Waals surface area contributed by atoms with E-state index in [2.05, 4.69) is 20.8 Å². The lowest BCUT2D eigenvalue weighted by Crippen LogP contribution is -2.26. The van der Waals surface area contributed by atoms with Crippen LogP contribution in [0.4, 0.5) is 5.69 Å². The molecule has 9 nitrogen and oxygen atoms in total. The molecule has 1 aromatic heterocycles. The van der Waals surface area contributed by atoms with Gasteiger partial charge in [0.25, 0.3) is 5.91 Å². The number of benzene rings is 3. The number of hydrogen-bond acceptors (Lipinski definition) is 7. The van der Waals surface area contributed by atoms with Crippen LogP contribution in [0.25, 0.3) is 5.69 Å². The summed E-state index contributed by atoms with van der Waals surface area (Å²) in [4.78, 5) is 26.2. The molecule has 0 saturated carbocycles. The number of nitrogens with zero attached hydrogens (tertiary/aromatic N) is 4. The second-order valence-electron chi connectivity index (χ2n) is 7.19. The molecule has 4 aromatic rings. The lowest BCUT2D eigenvalue weighted by molar-refractivity contribution is -0.125. The molecule has 0 saturated heterocycles. The van der Waals surface area contributed by atoms with Crippen molar-refractivity contribution in [2.45, 2.75) is 13.0 Å². The lowest BCUT2D eigenvalue weighted by Gasteiger charge is -2.19. The summed E-state index contributed by atoms with van der Waals surface area (Å²) in [5.41, 5.74) is 2.80. The van der Waals surface area contributed by atoms with Gasteiger partial charge >= 0.3 is 5.97 Å². The van der Waals surface area contributed by atoms with Crippen molar-refractivity contribution in [1.82, 2.24) is 20.2 Å². The first-order valence-corrected chi connectivity index (χ1v) is 10.1. The van der Waals surface area contributed by atoms with Crippen LogP contribution in [0.2, 0.25) is 0 Å². The maximum Gasteiger partial charge on any atom is 0.339 e. The lowest BCUT2D eigenvalue weighted by atomic mass is 10.1. The second-order valence-corrected chi connectivity index (χ2v) is 7.19. The van der Waals surface area contributed by atoms with Gasteiger partial charge in [0.05, 0.1) is 24.0 Å². The van der Waals surface area contributed by atoms with Gasteiger partial charge in [0.2, 0.25) is 6.10 Å². The highest BCUT2D eigenvalue weighted by Crippen LogP contribution is 2.28. The van der Waals surface area contributed by atoms with E-state index in [9.17, 15) is 9.59 Å². The average molecular weight is 443 g/mol. The topological polar surface area (TPSA) is 108 Å². The van der Waals surface area contributed by atoms with Gasteiger partial charge < -0.3 is 14.8 Å². The third kappa shape index (κ3) is 5.04. The van der Waals surface area contributed by atoms with Crippen molar-refractivity contribution < 1.29 is 19.1 Å². The van der Waals surface area contributed by atoms with E-state index in [1.54, 1.807) is 60.7 Å². The Kier molecular flexibility index (Phi) is 6.40. The molecule has 3 aromatic carbocycles. The summed E-state index contributed by atoms with van der Waals surface area (Å²) in [6.45, 7) is 1.90. The molecular formula is C24H21N5O4. The number of ether oxygens (including phenoxy) is 2. The number of tetrazole rings is 1. The molecule has 166 valence electrons. The Bertz CT molecular complexity index is 1260. The molecule has 0 bridgehead atoms. The molecule has 0 spiro atoms. The fourth-order valence-corrected chi connectivity index (χ4v) is 3.25. The van der Waals surface area contributed by atoms with Crippen LogP contribution in [-0.4, -0.2) is 39.2 Å². The van der Waals surface area contributed by atoms with Gasteiger partial charge in [-0.05, 0) is 53.2 Å². The van der Waals surface area contributed by atoms with Gasteiger partial charge in [-0.2, -0.15) is 0 Å². The number of rotatable bonds is 7. The van der Waals surface area contributed by atoms with Crippen molar-refractivity contribution in [1.29, 1.82) is 0 Å². The van der Waals surface area contributed by atoms with Crippen molar-refractivity contribution in [3.05, 3.63) is 95.8 Å². The number of aromatic nitrogens is 4. The maximum atomic E-state index is 13.2. The summed E-state index contributed by atoms with van der Waals surface area (Å²) in [5, 5.41) is 13.8. The summed E-state index contributed by atoms with van der Waals surface area (Å²) in [6.07, 6.45) is 0.237. The van der Waals surface area contributed by atoms with Crippen LogP contribution < -0.4 is 10.1 Å². The molecule has 1 heterocycles. The van der Waals surface area contributed by atoms with Gasteiger partial charge in [0, 0.05) is 5.56 Å². The second kappa shape index (κ2) is 9.73. The molecule has 0 aliphatic rings. The van der Waals surface area contributed by atoms with Gasteiger partial charge in [-0.1, -0.05) is 42.5 Å². The number of esters is 1. The van der Waals surface area contributed by atoms with Crippen LogP contribution in [0.15, 0.2) is 79.1 Å². The Hall–Kier alpha value is -4.53. The largest absolute Gasteiger partial charge is 0.495 e. The van der Waals surface area contributed by atoms with Crippen molar-refractivity contribution in [2.24, 2.45) is 0 Å². The molecule has 1 N–H and O–H groups in total. The van der Waals surface area contributed by atoms with Gasteiger partial charge in [0.15, 0.2) is 0 Å². The number of aryl methyl sites for hydroxylation is 1. The third-order valence-electron chi connectivity index (χ3n) is 4.87. The molecule has 0 aliphatic carbocycles. The number of carbonyl (C=O) groups is 2. The molecule has 0 aliphatic heterocycles. The molecule has 1 unspecified atom stereocenters. The number of methoxy groups -OCH3 is 1. The van der Waals surface area contributed by atoms with E-state index in [1.165, 1.54) is 18.1 Å². The SMILES string of the molecule is COc1ccc(C)cc1NC(=O)C(OC(=O)c1cccc(-n2cnnn2)c1)c1ccccc1. The van der Waals surface area contributed by atoms with E-state index in [1.807, 2.05) is 19.1 Å². The zero-order valence-corrected chi connectivity index (χ0v) is 18.0. The summed E-state index contributed by atoms with van der Waals surface area (Å²) >= 11 is 0. The highest BCUT2D eigenvalue weighted by Gasteiger charge is 2.27. The zero-order chi connectivity index (χ0) is 23.2. The number of amides is 1. The van der Waals surface area contributed by atoms with Crippen molar-refractivity contribution >= 4 is 17.6 Å². The Morgan fingerprint density at radius 2 is 1.82 bits per heavy atom. The molecule has 9 heteroatoms. The molecule has 33 heavy (non-hydrogen) atoms. The monoisotopic (exact) mass is 443 g/mol. The zero-order valence-electron chi connectivity index (χ0n) is 18.0. The molecule has 0 radical (unpaired) electrons. The molecular weight excluding hydrogens is 422 g/mol. The van der Waals surface area contributed by atoms with Gasteiger partial charge in [-0.25, -0.2) is 9.48 Å². The minimum absolute atomic E-state index is 0.255. The quantitative estimate of drug-likeness (QED) is 0.435. The Balaban J connectivity index is 1.61. The van der Waals surface area contributed by atoms with Crippen molar-refractivity contribution in [3.63, 3.8) is 0 Å². The van der Waals surface area contributed by atoms with E-state index in [4.69, 9.17) is 9.47 Å². The van der Waals surface area contributed by atoms with E-state index >= 15 is 0 Å². The van der Waals surface area contributed by atoms with Gasteiger partial charge in [-0.15, -0.1) is 5.10 Å². The summed E-state index contributed by atoms with van der Waals surface area (Å²) in [5.74, 6) is -0.665. The predicted octanol–water partition coefficient (Wildman–Crippen LogP) is 3.52. The number of nitrogens with one attached hydrogen (secondary N) is 1. The van der Waals surface area contributed by atoms with Gasteiger partial charge in [0.1, 0.15) is 12.1 Å². The molecule has 1 amide bonds. The van der Waals surface area contributed by atoms with Gasteiger partial charge in [-0.3, -0.25) is 4.79 Å². The molecule has 1 atom stereocenters. The van der Waals surface area contributed by atoms with Crippen LogP contribution in [0.5, 0.6) is 5.75 Å². The fraction of sp³-hybridized carbons (Fsp3) is 0.125. The minimum Gasteiger partial charge on any atom is -0.495 e. The first-order valence-electron chi connectivity index (χ1n) is 10.1. The Morgan fingerprint density at radius 3 is 2.55 bits per heavy atom. The van der Waals surface area contributed by atoms with E-state index < -0.39 is 18.0 Å². The maximum absolute atomic E-state index is 13.2. The summed E-state index contributed by atoms with van der Waals surface area (Å²) in [7, 11) is 1.52. The van der Waals surface area contributed by atoms with Crippen LogP contribution >= 0.6 is 0 Å². The van der Waals surface area contributed by atoms with Crippen LogP contribution in [0.1, 0.15) is 27.6 Å². The van der Waals surface area contributed by atoms with Crippen molar-refractivity contribution in [3.8, 4) is 11.4 Å². The average Bonchev–Trinajstić information content (AvgIpc) is 3.38. The summed E-state index contributed by atoms with van der Waals surface area (Å²) < 4.78 is 12.4.